The molecule has 0 fully saturated rings. The molecule has 0 spiro atoms. The lowest BCUT2D eigenvalue weighted by atomic mass is 10.1. The zero-order valence-electron chi connectivity index (χ0n) is 15.0. The molecule has 0 aliphatic carbocycles. The van der Waals surface area contributed by atoms with Crippen LogP contribution in [0.25, 0.3) is 0 Å². The van der Waals surface area contributed by atoms with Crippen molar-refractivity contribution in [1.29, 1.82) is 0 Å². The van der Waals surface area contributed by atoms with Crippen LogP contribution in [0.2, 0.25) is 0 Å². The molecule has 1 heterocycles. The van der Waals surface area contributed by atoms with Gasteiger partial charge < -0.3 is 10.6 Å². The average molecular weight is 399 g/mol. The SMILES string of the molecule is O=C(NCc1ccncc1)c1ccc(C(=O)Nc2cccc(C(F)(F)F)c2)cc1. The molecule has 0 atom stereocenters. The Balaban J connectivity index is 1.62. The van der Waals surface area contributed by atoms with E-state index in [1.54, 1.807) is 24.5 Å². The van der Waals surface area contributed by atoms with Crippen LogP contribution in [0.3, 0.4) is 0 Å². The third kappa shape index (κ3) is 5.41. The lowest BCUT2D eigenvalue weighted by Gasteiger charge is -2.10. The van der Waals surface area contributed by atoms with Gasteiger partial charge in [-0.15, -0.1) is 0 Å². The molecular formula is C21H16F3N3O2. The molecule has 8 heteroatoms. The summed E-state index contributed by atoms with van der Waals surface area (Å²) in [7, 11) is 0. The van der Waals surface area contributed by atoms with Crippen molar-refractivity contribution in [2.45, 2.75) is 12.7 Å². The molecule has 3 rings (SSSR count). The molecule has 1 aromatic heterocycles. The number of halogens is 3. The summed E-state index contributed by atoms with van der Waals surface area (Å²) in [6.45, 7) is 0.332. The fourth-order valence-corrected chi connectivity index (χ4v) is 2.53. The van der Waals surface area contributed by atoms with E-state index in [-0.39, 0.29) is 17.2 Å². The number of nitrogens with zero attached hydrogens (tertiary/aromatic N) is 1. The Morgan fingerprint density at radius 3 is 2.10 bits per heavy atom. The molecule has 148 valence electrons. The molecular weight excluding hydrogens is 383 g/mol. The second-order valence-electron chi connectivity index (χ2n) is 6.15. The number of aromatic nitrogens is 1. The summed E-state index contributed by atoms with van der Waals surface area (Å²) in [5, 5.41) is 5.17. The number of benzene rings is 2. The zero-order chi connectivity index (χ0) is 20.9. The van der Waals surface area contributed by atoms with Crippen LogP contribution in [0.5, 0.6) is 0 Å². The van der Waals surface area contributed by atoms with Gasteiger partial charge in [-0.2, -0.15) is 13.2 Å². The average Bonchev–Trinajstić information content (AvgIpc) is 2.72. The first-order valence-electron chi connectivity index (χ1n) is 8.59. The van der Waals surface area contributed by atoms with Crippen molar-refractivity contribution in [3.05, 3.63) is 95.3 Å². The molecule has 0 saturated carbocycles. The number of anilines is 1. The molecule has 2 N–H and O–H groups in total. The normalized spacial score (nSPS) is 11.0. The zero-order valence-corrected chi connectivity index (χ0v) is 15.0. The lowest BCUT2D eigenvalue weighted by molar-refractivity contribution is -0.137. The van der Waals surface area contributed by atoms with Crippen LogP contribution in [0.4, 0.5) is 18.9 Å². The number of carbonyl (C=O) groups excluding carboxylic acids is 2. The Labute approximate surface area is 164 Å². The standard InChI is InChI=1S/C21H16F3N3O2/c22-21(23,24)17-2-1-3-18(12-17)27-20(29)16-6-4-15(5-7-16)19(28)26-13-14-8-10-25-11-9-14/h1-12H,13H2,(H,26,28)(H,27,29). The monoisotopic (exact) mass is 399 g/mol. The van der Waals surface area contributed by atoms with Crippen molar-refractivity contribution < 1.29 is 22.8 Å². The van der Waals surface area contributed by atoms with Crippen LogP contribution in [0.15, 0.2) is 73.1 Å². The first-order valence-corrected chi connectivity index (χ1v) is 8.59. The molecule has 2 aromatic carbocycles. The predicted molar refractivity (Wildman–Crippen MR) is 101 cm³/mol. The largest absolute Gasteiger partial charge is 0.416 e. The van der Waals surface area contributed by atoms with Crippen molar-refractivity contribution in [3.8, 4) is 0 Å². The van der Waals surface area contributed by atoms with Gasteiger partial charge in [0.2, 0.25) is 0 Å². The summed E-state index contributed by atoms with van der Waals surface area (Å²) in [6, 6.07) is 13.8. The molecule has 0 aliphatic heterocycles. The smallest absolute Gasteiger partial charge is 0.348 e. The Hall–Kier alpha value is -3.68. The number of alkyl halides is 3. The number of pyridine rings is 1. The van der Waals surface area contributed by atoms with Gasteiger partial charge in [-0.05, 0) is 60.2 Å². The van der Waals surface area contributed by atoms with Crippen LogP contribution in [0.1, 0.15) is 31.8 Å². The van der Waals surface area contributed by atoms with Crippen molar-refractivity contribution in [3.63, 3.8) is 0 Å². The van der Waals surface area contributed by atoms with Crippen LogP contribution >= 0.6 is 0 Å². The van der Waals surface area contributed by atoms with Crippen LogP contribution in [-0.2, 0) is 12.7 Å². The molecule has 0 bridgehead atoms. The van der Waals surface area contributed by atoms with Crippen molar-refractivity contribution in [2.75, 3.05) is 5.32 Å². The van der Waals surface area contributed by atoms with Crippen molar-refractivity contribution in [2.24, 2.45) is 0 Å². The molecule has 0 aliphatic rings. The highest BCUT2D eigenvalue weighted by molar-refractivity contribution is 6.05. The van der Waals surface area contributed by atoms with Crippen molar-refractivity contribution >= 4 is 17.5 Å². The van der Waals surface area contributed by atoms with E-state index in [0.717, 1.165) is 17.7 Å². The number of hydrogen-bond acceptors (Lipinski definition) is 3. The number of amides is 2. The fraction of sp³-hybridized carbons (Fsp3) is 0.0952. The van der Waals surface area contributed by atoms with Gasteiger partial charge in [0.05, 0.1) is 5.56 Å². The maximum Gasteiger partial charge on any atom is 0.416 e. The molecule has 2 amide bonds. The number of rotatable bonds is 5. The predicted octanol–water partition coefficient (Wildman–Crippen LogP) is 4.28. The molecule has 5 nitrogen and oxygen atoms in total. The molecule has 29 heavy (non-hydrogen) atoms. The van der Waals surface area contributed by atoms with E-state index in [9.17, 15) is 22.8 Å². The van der Waals surface area contributed by atoms with Crippen LogP contribution in [-0.4, -0.2) is 16.8 Å². The van der Waals surface area contributed by atoms with E-state index in [1.807, 2.05) is 0 Å². The van der Waals surface area contributed by atoms with Crippen LogP contribution < -0.4 is 10.6 Å². The van der Waals surface area contributed by atoms with Gasteiger partial charge in [-0.25, -0.2) is 0 Å². The highest BCUT2D eigenvalue weighted by atomic mass is 19.4. The van der Waals surface area contributed by atoms with E-state index in [1.165, 1.54) is 36.4 Å². The third-order valence-electron chi connectivity index (χ3n) is 4.06. The second-order valence-corrected chi connectivity index (χ2v) is 6.15. The second kappa shape index (κ2) is 8.55. The quantitative estimate of drug-likeness (QED) is 0.673. The van der Waals surface area contributed by atoms with Gasteiger partial charge in [-0.1, -0.05) is 6.07 Å². The number of carbonyl (C=O) groups is 2. The fourth-order valence-electron chi connectivity index (χ4n) is 2.53. The Kier molecular flexibility index (Phi) is 5.92. The summed E-state index contributed by atoms with van der Waals surface area (Å²) in [4.78, 5) is 28.4. The van der Waals surface area contributed by atoms with Gasteiger partial charge in [0.1, 0.15) is 0 Å². The first kappa shape index (κ1) is 20.1. The van der Waals surface area contributed by atoms with E-state index >= 15 is 0 Å². The lowest BCUT2D eigenvalue weighted by Crippen LogP contribution is -2.23. The number of nitrogens with one attached hydrogen (secondary N) is 2. The van der Waals surface area contributed by atoms with E-state index in [0.29, 0.717) is 12.1 Å². The van der Waals surface area contributed by atoms with Gasteiger partial charge in [-0.3, -0.25) is 14.6 Å². The van der Waals surface area contributed by atoms with Gasteiger partial charge in [0.25, 0.3) is 11.8 Å². The summed E-state index contributed by atoms with van der Waals surface area (Å²) in [5.41, 5.74) is 0.647. The minimum atomic E-state index is -4.49. The van der Waals surface area contributed by atoms with Gasteiger partial charge in [0, 0.05) is 35.8 Å². The molecule has 0 saturated heterocycles. The molecule has 0 radical (unpaired) electrons. The van der Waals surface area contributed by atoms with Gasteiger partial charge >= 0.3 is 6.18 Å². The van der Waals surface area contributed by atoms with Crippen LogP contribution in [0, 0.1) is 0 Å². The maximum absolute atomic E-state index is 12.8. The highest BCUT2D eigenvalue weighted by Crippen LogP contribution is 2.30. The molecule has 3 aromatic rings. The van der Waals surface area contributed by atoms with E-state index in [2.05, 4.69) is 15.6 Å². The summed E-state index contributed by atoms with van der Waals surface area (Å²) < 4.78 is 38.3. The Morgan fingerprint density at radius 1 is 0.862 bits per heavy atom. The molecule has 0 unspecified atom stereocenters. The van der Waals surface area contributed by atoms with E-state index < -0.39 is 17.6 Å². The number of hydrogen-bond donors (Lipinski definition) is 2. The maximum atomic E-state index is 12.8. The topological polar surface area (TPSA) is 71.1 Å². The van der Waals surface area contributed by atoms with Crippen molar-refractivity contribution in [1.82, 2.24) is 10.3 Å². The summed E-state index contributed by atoms with van der Waals surface area (Å²) in [5.74, 6) is -0.889. The first-order chi connectivity index (χ1) is 13.8. The minimum absolute atomic E-state index is 0.0315. The van der Waals surface area contributed by atoms with E-state index in [4.69, 9.17) is 0 Å². The Bertz CT molecular complexity index is 1000. The highest BCUT2D eigenvalue weighted by Gasteiger charge is 2.30. The minimum Gasteiger partial charge on any atom is -0.348 e. The summed E-state index contributed by atoms with van der Waals surface area (Å²) in [6.07, 6.45) is -1.25. The summed E-state index contributed by atoms with van der Waals surface area (Å²) >= 11 is 0. The van der Waals surface area contributed by atoms with Gasteiger partial charge in [0.15, 0.2) is 0 Å². The Morgan fingerprint density at radius 2 is 1.48 bits per heavy atom. The third-order valence-corrected chi connectivity index (χ3v) is 4.06.